The van der Waals surface area contributed by atoms with Gasteiger partial charge in [0.15, 0.2) is 0 Å². The summed E-state index contributed by atoms with van der Waals surface area (Å²) in [4.78, 5) is 19.7. The first-order chi connectivity index (χ1) is 14.6. The Morgan fingerprint density at radius 3 is 2.70 bits per heavy atom. The number of H-pyrrole nitrogens is 1. The van der Waals surface area contributed by atoms with Crippen molar-refractivity contribution in [3.8, 4) is 5.75 Å². The van der Waals surface area contributed by atoms with E-state index in [1.54, 1.807) is 24.9 Å². The van der Waals surface area contributed by atoms with E-state index in [2.05, 4.69) is 9.97 Å². The molecule has 2 fully saturated rings. The number of halogens is 1. The second-order valence-electron chi connectivity index (χ2n) is 8.12. The van der Waals surface area contributed by atoms with E-state index >= 15 is 0 Å². The summed E-state index contributed by atoms with van der Waals surface area (Å²) in [6, 6.07) is 2.95. The fourth-order valence-electron chi connectivity index (χ4n) is 4.16. The van der Waals surface area contributed by atoms with Gasteiger partial charge in [0.05, 0.1) is 24.0 Å². The summed E-state index contributed by atoms with van der Waals surface area (Å²) >= 11 is 1.79. The zero-order chi connectivity index (χ0) is 20.9. The molecule has 0 radical (unpaired) electrons. The maximum Gasteiger partial charge on any atom is 0.261 e. The first-order valence-corrected chi connectivity index (χ1v) is 11.7. The van der Waals surface area contributed by atoms with Crippen LogP contribution in [0.5, 0.6) is 5.75 Å². The minimum Gasteiger partial charge on any atom is -0.493 e. The maximum atomic E-state index is 14.6. The van der Waals surface area contributed by atoms with Gasteiger partial charge in [0.25, 0.3) is 5.56 Å². The number of hydrogen-bond donors (Lipinski definition) is 1. The highest BCUT2D eigenvalue weighted by molar-refractivity contribution is 7.99. The third-order valence-electron chi connectivity index (χ3n) is 6.02. The molecule has 1 saturated heterocycles. The van der Waals surface area contributed by atoms with Gasteiger partial charge in [-0.15, -0.1) is 0 Å². The van der Waals surface area contributed by atoms with Crippen LogP contribution in [-0.4, -0.2) is 48.3 Å². The van der Waals surface area contributed by atoms with Crippen LogP contribution >= 0.6 is 11.8 Å². The molecule has 0 amide bonds. The topological polar surface area (TPSA) is 73.4 Å². The molecule has 2 aromatic rings. The Morgan fingerprint density at radius 2 is 1.97 bits per heavy atom. The van der Waals surface area contributed by atoms with Crippen molar-refractivity contribution in [3.63, 3.8) is 0 Å². The Balaban J connectivity index is 1.43. The molecule has 2 heterocycles. The second-order valence-corrected chi connectivity index (χ2v) is 9.41. The molecular weight excluding hydrogens is 407 g/mol. The lowest BCUT2D eigenvalue weighted by molar-refractivity contribution is 0.0497. The van der Waals surface area contributed by atoms with Gasteiger partial charge >= 0.3 is 0 Å². The van der Waals surface area contributed by atoms with Crippen LogP contribution in [0.1, 0.15) is 44.3 Å². The number of methoxy groups -OCH3 is 1. The summed E-state index contributed by atoms with van der Waals surface area (Å²) in [5, 5.41) is 0.519. The normalized spacial score (nSPS) is 23.0. The van der Waals surface area contributed by atoms with E-state index in [1.807, 2.05) is 0 Å². The van der Waals surface area contributed by atoms with Crippen molar-refractivity contribution >= 4 is 22.7 Å². The molecule has 8 heteroatoms. The average Bonchev–Trinajstić information content (AvgIpc) is 2.77. The second kappa shape index (κ2) is 10.1. The molecule has 4 rings (SSSR count). The van der Waals surface area contributed by atoms with Crippen LogP contribution in [0.3, 0.4) is 0 Å². The van der Waals surface area contributed by atoms with E-state index in [4.69, 9.17) is 14.2 Å². The Labute approximate surface area is 179 Å². The summed E-state index contributed by atoms with van der Waals surface area (Å²) in [5.41, 5.74) is -0.0911. The van der Waals surface area contributed by atoms with Crippen molar-refractivity contribution in [2.75, 3.05) is 26.9 Å². The SMILES string of the molecule is CO[C@H]1CC[C@H](SCc2nc3cc(OCC4CCOCC4)cc(F)c3c(=O)[nH]2)CC1. The number of ether oxygens (including phenoxy) is 3. The van der Waals surface area contributed by atoms with Crippen LogP contribution in [0.15, 0.2) is 16.9 Å². The first kappa shape index (κ1) is 21.6. The molecule has 1 aromatic heterocycles. The molecule has 30 heavy (non-hydrogen) atoms. The van der Waals surface area contributed by atoms with E-state index in [0.29, 0.717) is 46.7 Å². The van der Waals surface area contributed by atoms with Gasteiger partial charge in [-0.3, -0.25) is 4.79 Å². The minimum absolute atomic E-state index is 0.0113. The Bertz CT molecular complexity index is 908. The largest absolute Gasteiger partial charge is 0.493 e. The van der Waals surface area contributed by atoms with E-state index in [9.17, 15) is 9.18 Å². The number of rotatable bonds is 7. The average molecular weight is 437 g/mol. The molecular formula is C22H29FN2O4S. The number of hydrogen-bond acceptors (Lipinski definition) is 6. The Kier molecular flexibility index (Phi) is 7.28. The zero-order valence-corrected chi connectivity index (χ0v) is 18.1. The van der Waals surface area contributed by atoms with E-state index in [0.717, 1.165) is 51.7 Å². The Hall–Kier alpha value is -1.64. The predicted octanol–water partition coefficient (Wildman–Crippen LogP) is 4.06. The van der Waals surface area contributed by atoms with Crippen molar-refractivity contribution in [3.05, 3.63) is 34.1 Å². The van der Waals surface area contributed by atoms with Gasteiger partial charge in [-0.05, 0) is 44.4 Å². The van der Waals surface area contributed by atoms with Gasteiger partial charge in [0.1, 0.15) is 22.8 Å². The standard InChI is InChI=1S/C22H29FN2O4S/c1-27-15-2-4-17(5-3-15)30-13-20-24-19-11-16(10-18(23)21(19)22(26)25-20)29-12-14-6-8-28-9-7-14/h10-11,14-15,17H,2-9,12-13H2,1H3,(H,24,25,26)/t15-,17-. The number of nitrogens with one attached hydrogen (secondary N) is 1. The molecule has 164 valence electrons. The number of nitrogens with zero attached hydrogens (tertiary/aromatic N) is 1. The smallest absolute Gasteiger partial charge is 0.261 e. The van der Waals surface area contributed by atoms with Crippen LogP contribution in [0.4, 0.5) is 4.39 Å². The highest BCUT2D eigenvalue weighted by atomic mass is 32.2. The van der Waals surface area contributed by atoms with Gasteiger partial charge in [0, 0.05) is 37.7 Å². The zero-order valence-electron chi connectivity index (χ0n) is 17.3. The van der Waals surface area contributed by atoms with Crippen molar-refractivity contribution in [2.45, 2.75) is 55.6 Å². The van der Waals surface area contributed by atoms with Crippen LogP contribution in [-0.2, 0) is 15.2 Å². The van der Waals surface area contributed by atoms with E-state index < -0.39 is 11.4 Å². The van der Waals surface area contributed by atoms with Gasteiger partial charge in [-0.1, -0.05) is 0 Å². The fourth-order valence-corrected chi connectivity index (χ4v) is 5.29. The maximum absolute atomic E-state index is 14.6. The molecule has 0 unspecified atom stereocenters. The number of fused-ring (bicyclic) bond motifs is 1. The van der Waals surface area contributed by atoms with Gasteiger partial charge in [-0.25, -0.2) is 9.37 Å². The van der Waals surface area contributed by atoms with Crippen molar-refractivity contribution in [1.29, 1.82) is 0 Å². The number of aromatic amines is 1. The first-order valence-electron chi connectivity index (χ1n) is 10.7. The number of thioether (sulfide) groups is 1. The molecule has 1 saturated carbocycles. The summed E-state index contributed by atoms with van der Waals surface area (Å²) in [6.45, 7) is 2.00. The fraction of sp³-hybridized carbons (Fsp3) is 0.636. The van der Waals surface area contributed by atoms with Gasteiger partial charge in [-0.2, -0.15) is 11.8 Å². The Morgan fingerprint density at radius 1 is 1.20 bits per heavy atom. The minimum atomic E-state index is -0.597. The monoisotopic (exact) mass is 436 g/mol. The lowest BCUT2D eigenvalue weighted by Gasteiger charge is -2.26. The highest BCUT2D eigenvalue weighted by Gasteiger charge is 2.22. The summed E-state index contributed by atoms with van der Waals surface area (Å²) < 4.78 is 31.2. The predicted molar refractivity (Wildman–Crippen MR) is 116 cm³/mol. The summed E-state index contributed by atoms with van der Waals surface area (Å²) in [5.74, 6) is 1.40. The highest BCUT2D eigenvalue weighted by Crippen LogP contribution is 2.31. The summed E-state index contributed by atoms with van der Waals surface area (Å²) in [7, 11) is 1.77. The molecule has 0 spiro atoms. The summed E-state index contributed by atoms with van der Waals surface area (Å²) in [6.07, 6.45) is 6.58. The third-order valence-corrected chi connectivity index (χ3v) is 7.40. The molecule has 1 aliphatic carbocycles. The van der Waals surface area contributed by atoms with Crippen molar-refractivity contribution in [2.24, 2.45) is 5.92 Å². The lowest BCUT2D eigenvalue weighted by Crippen LogP contribution is -2.22. The third kappa shape index (κ3) is 5.34. The molecule has 2 aliphatic rings. The van der Waals surface area contributed by atoms with Gasteiger partial charge < -0.3 is 19.2 Å². The lowest BCUT2D eigenvalue weighted by atomic mass is 9.97. The molecule has 1 N–H and O–H groups in total. The molecule has 0 atom stereocenters. The molecule has 6 nitrogen and oxygen atoms in total. The molecule has 1 aliphatic heterocycles. The van der Waals surface area contributed by atoms with E-state index in [1.165, 1.54) is 6.07 Å². The number of benzene rings is 1. The molecule has 1 aromatic carbocycles. The van der Waals surface area contributed by atoms with Crippen molar-refractivity contribution < 1.29 is 18.6 Å². The van der Waals surface area contributed by atoms with Crippen LogP contribution < -0.4 is 10.3 Å². The molecule has 0 bridgehead atoms. The van der Waals surface area contributed by atoms with Crippen LogP contribution in [0.25, 0.3) is 10.9 Å². The van der Waals surface area contributed by atoms with Crippen molar-refractivity contribution in [1.82, 2.24) is 9.97 Å². The van der Waals surface area contributed by atoms with Crippen LogP contribution in [0.2, 0.25) is 0 Å². The van der Waals surface area contributed by atoms with Crippen LogP contribution in [0, 0.1) is 11.7 Å². The quantitative estimate of drug-likeness (QED) is 0.706. The van der Waals surface area contributed by atoms with Gasteiger partial charge in [0.2, 0.25) is 0 Å². The number of aromatic nitrogens is 2. The van der Waals surface area contributed by atoms with E-state index in [-0.39, 0.29) is 5.39 Å².